The molecule has 0 saturated heterocycles. The van der Waals surface area contributed by atoms with Crippen LogP contribution in [0.1, 0.15) is 355 Å². The number of unbranched alkanes of at least 4 members (excludes halogenated alkanes) is 32. The van der Waals surface area contributed by atoms with Gasteiger partial charge in [0.15, 0.2) is 6.10 Å². The van der Waals surface area contributed by atoms with Crippen LogP contribution in [0, 0.1) is 0 Å². The molecule has 0 rings (SSSR count). The molecule has 0 aromatic rings. The second-order valence-electron chi connectivity index (χ2n) is 29.3. The van der Waals surface area contributed by atoms with Gasteiger partial charge in [-0.25, -0.2) is 9.13 Å². The van der Waals surface area contributed by atoms with E-state index in [0.29, 0.717) is 19.3 Å². The zero-order valence-corrected chi connectivity index (χ0v) is 72.8. The van der Waals surface area contributed by atoms with Crippen LogP contribution in [-0.4, -0.2) is 95.9 Å². The van der Waals surface area contributed by atoms with E-state index in [9.17, 15) is 43.5 Å². The molecule has 0 fully saturated rings. The van der Waals surface area contributed by atoms with Crippen LogP contribution in [0.15, 0.2) is 170 Å². The van der Waals surface area contributed by atoms with Crippen molar-refractivity contribution in [1.29, 1.82) is 0 Å². The molecule has 0 aliphatic heterocycles. The van der Waals surface area contributed by atoms with Gasteiger partial charge in [0.1, 0.15) is 25.4 Å². The van der Waals surface area contributed by atoms with E-state index in [-0.39, 0.29) is 19.3 Å². The van der Waals surface area contributed by atoms with E-state index < -0.39 is 91.5 Å². The molecule has 18 heteroatoms. The minimum atomic E-state index is -4.95. The first kappa shape index (κ1) is 108. The monoisotopic (exact) mass is 1620 g/mol. The van der Waals surface area contributed by atoms with Gasteiger partial charge >= 0.3 is 33.6 Å². The standard InChI is InChI=1S/C95H160O16P2/c1-4-7-10-13-16-19-22-25-28-31-33-35-37-39-41-42-43-44-45-46-48-50-51-53-55-58-60-63-66-69-72-75-78-81-93(98)105-84-90(96)85-107-112(101,102)108-86-91(97)87-109-113(103,104)110-89-92(111-95(100)83-80-77-74-71-68-65-62-57-30-27-24-21-18-15-12-9-6-3)88-106-94(99)82-79-76-73-70-67-64-61-59-56-54-52-49-47-40-38-36-34-32-29-26-23-20-17-14-11-8-5-2/h7-12,16-21,25-30,33-36,39-41,47,62,65,90-92,96-97H,4-6,13-15,22-24,31-32,37-38,42-46,48-61,63-64,66-89H2,1-3H3,(H,101,102)(H,103,104)/b10-7-,11-8-,12-9-,19-16-,20-17-,21-18-,28-25-,29-26-,30-27-,35-33-,36-34-,41-39-,47-40-,65-62-. The van der Waals surface area contributed by atoms with Gasteiger partial charge in [-0.3, -0.25) is 32.5 Å². The average Bonchev–Trinajstić information content (AvgIpc) is 0.900. The maximum Gasteiger partial charge on any atom is 0.472 e. The lowest BCUT2D eigenvalue weighted by Gasteiger charge is -2.21. The fourth-order valence-electron chi connectivity index (χ4n) is 11.8. The van der Waals surface area contributed by atoms with Crippen LogP contribution in [0.4, 0.5) is 0 Å². The summed E-state index contributed by atoms with van der Waals surface area (Å²) in [5.74, 6) is -1.60. The van der Waals surface area contributed by atoms with Crippen LogP contribution in [-0.2, 0) is 55.8 Å². The lowest BCUT2D eigenvalue weighted by molar-refractivity contribution is -0.161. The molecule has 4 N–H and O–H groups in total. The zero-order chi connectivity index (χ0) is 82.2. The number of phosphoric acid groups is 2. The number of hydrogen-bond donors (Lipinski definition) is 4. The fraction of sp³-hybridized carbons (Fsp3) is 0.674. The molecular weight excluding hydrogens is 1460 g/mol. The summed E-state index contributed by atoms with van der Waals surface area (Å²) in [6.07, 6.45) is 111. The first-order chi connectivity index (χ1) is 55.2. The SMILES string of the molecule is CC/C=C\C/C=C\C/C=C\C/C=C\C/C=C\CCCCCCCCCCCCCCCCCCCC(=O)OCC(O)COP(=O)(O)OCC(O)COP(=O)(O)OCC(COC(=O)CCCCCCCCCCCCC/C=C\C/C=C\C/C=C\C/C=C\C/C=C\CC)OC(=O)CCCCCC/C=C\C/C=C\C/C=C\C/C=C\CC. The summed E-state index contributed by atoms with van der Waals surface area (Å²) in [4.78, 5) is 58.9. The van der Waals surface area contributed by atoms with E-state index in [2.05, 4.69) is 191 Å². The Kier molecular flexibility index (Phi) is 82.4. The quantitative estimate of drug-likeness (QED) is 0.0146. The smallest absolute Gasteiger partial charge is 0.463 e. The Labute approximate surface area is 688 Å². The van der Waals surface area contributed by atoms with Crippen LogP contribution in [0.25, 0.3) is 0 Å². The van der Waals surface area contributed by atoms with Gasteiger partial charge in [0, 0.05) is 19.3 Å². The molecule has 0 aliphatic rings. The van der Waals surface area contributed by atoms with Gasteiger partial charge in [-0.2, -0.15) is 0 Å². The zero-order valence-electron chi connectivity index (χ0n) is 71.0. The molecule has 0 aromatic carbocycles. The summed E-state index contributed by atoms with van der Waals surface area (Å²) < 4.78 is 61.4. The Morgan fingerprint density at radius 1 is 0.248 bits per heavy atom. The number of carbonyl (C=O) groups excluding carboxylic acids is 3. The number of esters is 3. The highest BCUT2D eigenvalue weighted by molar-refractivity contribution is 7.47. The lowest BCUT2D eigenvalue weighted by atomic mass is 10.0. The van der Waals surface area contributed by atoms with Crippen molar-refractivity contribution >= 4 is 33.6 Å². The Hall–Kier alpha value is -5.09. The van der Waals surface area contributed by atoms with Gasteiger partial charge in [-0.1, -0.05) is 358 Å². The number of aliphatic hydroxyl groups is 2. The predicted molar refractivity (Wildman–Crippen MR) is 472 cm³/mol. The number of rotatable bonds is 83. The Morgan fingerprint density at radius 3 is 0.699 bits per heavy atom. The van der Waals surface area contributed by atoms with E-state index in [1.165, 1.54) is 128 Å². The van der Waals surface area contributed by atoms with Crippen molar-refractivity contribution in [2.45, 2.75) is 373 Å². The van der Waals surface area contributed by atoms with Gasteiger partial charge in [-0.15, -0.1) is 0 Å². The normalized spacial score (nSPS) is 14.6. The minimum absolute atomic E-state index is 0.0719. The molecule has 0 heterocycles. The number of allylic oxidation sites excluding steroid dienone is 28. The molecule has 0 radical (unpaired) electrons. The topological polar surface area (TPSA) is 231 Å². The second-order valence-corrected chi connectivity index (χ2v) is 32.2. The Balaban J connectivity index is 4.51. The number of phosphoric ester groups is 2. The lowest BCUT2D eigenvalue weighted by Crippen LogP contribution is -2.30. The van der Waals surface area contributed by atoms with E-state index in [1.54, 1.807) is 0 Å². The van der Waals surface area contributed by atoms with Gasteiger partial charge < -0.3 is 34.2 Å². The van der Waals surface area contributed by atoms with Gasteiger partial charge in [-0.05, 0) is 148 Å². The van der Waals surface area contributed by atoms with Crippen molar-refractivity contribution in [1.82, 2.24) is 0 Å². The van der Waals surface area contributed by atoms with Crippen LogP contribution >= 0.6 is 15.6 Å². The average molecular weight is 1620 g/mol. The molecule has 0 amide bonds. The summed E-state index contributed by atoms with van der Waals surface area (Å²) in [5.41, 5.74) is 0. The largest absolute Gasteiger partial charge is 0.472 e. The van der Waals surface area contributed by atoms with Crippen molar-refractivity contribution in [3.8, 4) is 0 Å². The fourth-order valence-corrected chi connectivity index (χ4v) is 13.4. The summed E-state index contributed by atoms with van der Waals surface area (Å²) in [7, 11) is -9.82. The van der Waals surface area contributed by atoms with Crippen LogP contribution in [0.3, 0.4) is 0 Å². The third-order valence-corrected chi connectivity index (χ3v) is 20.3. The molecular formula is C95H160O16P2. The first-order valence-corrected chi connectivity index (χ1v) is 47.4. The minimum Gasteiger partial charge on any atom is -0.463 e. The third-order valence-electron chi connectivity index (χ3n) is 18.4. The van der Waals surface area contributed by atoms with Crippen LogP contribution in [0.5, 0.6) is 0 Å². The predicted octanol–water partition coefficient (Wildman–Crippen LogP) is 27.1. The van der Waals surface area contributed by atoms with E-state index in [0.717, 1.165) is 167 Å². The molecule has 646 valence electrons. The van der Waals surface area contributed by atoms with Crippen molar-refractivity contribution in [2.75, 3.05) is 39.6 Å². The van der Waals surface area contributed by atoms with Gasteiger partial charge in [0.05, 0.1) is 26.4 Å². The van der Waals surface area contributed by atoms with Crippen molar-refractivity contribution in [2.24, 2.45) is 0 Å². The molecule has 0 bridgehead atoms. The molecule has 113 heavy (non-hydrogen) atoms. The molecule has 0 spiro atoms. The Bertz CT molecular complexity index is 2730. The van der Waals surface area contributed by atoms with Crippen LogP contribution < -0.4 is 0 Å². The van der Waals surface area contributed by atoms with Crippen molar-refractivity contribution in [3.05, 3.63) is 170 Å². The van der Waals surface area contributed by atoms with Gasteiger partial charge in [0.2, 0.25) is 0 Å². The first-order valence-electron chi connectivity index (χ1n) is 44.4. The van der Waals surface area contributed by atoms with Crippen LogP contribution in [0.2, 0.25) is 0 Å². The maximum absolute atomic E-state index is 13.0. The summed E-state index contributed by atoms with van der Waals surface area (Å²) >= 11 is 0. The van der Waals surface area contributed by atoms with Gasteiger partial charge in [0.25, 0.3) is 0 Å². The summed E-state index contributed by atoms with van der Waals surface area (Å²) in [6, 6.07) is 0. The highest BCUT2D eigenvalue weighted by Gasteiger charge is 2.29. The number of hydrogen-bond acceptors (Lipinski definition) is 14. The van der Waals surface area contributed by atoms with E-state index in [1.807, 2.05) is 0 Å². The third kappa shape index (κ3) is 87.6. The molecule has 5 atom stereocenters. The van der Waals surface area contributed by atoms with E-state index >= 15 is 0 Å². The number of aliphatic hydroxyl groups excluding tert-OH is 2. The highest BCUT2D eigenvalue weighted by Crippen LogP contribution is 2.45. The molecule has 0 aliphatic carbocycles. The number of ether oxygens (including phenoxy) is 3. The maximum atomic E-state index is 13.0. The summed E-state index contributed by atoms with van der Waals surface area (Å²) in [6.45, 7) is 2.34. The molecule has 16 nitrogen and oxygen atoms in total. The van der Waals surface area contributed by atoms with Crippen molar-refractivity contribution < 1.29 is 75.8 Å². The molecule has 5 unspecified atom stereocenters. The number of carbonyl (C=O) groups is 3. The summed E-state index contributed by atoms with van der Waals surface area (Å²) in [5, 5.41) is 20.7. The Morgan fingerprint density at radius 2 is 0.442 bits per heavy atom. The van der Waals surface area contributed by atoms with E-state index in [4.69, 9.17) is 32.3 Å². The highest BCUT2D eigenvalue weighted by atomic mass is 31.2. The molecule has 0 saturated carbocycles. The molecule has 0 aromatic heterocycles. The second kappa shape index (κ2) is 86.3. The van der Waals surface area contributed by atoms with Crippen molar-refractivity contribution in [3.63, 3.8) is 0 Å².